The van der Waals surface area contributed by atoms with E-state index in [4.69, 9.17) is 0 Å². The van der Waals surface area contributed by atoms with Gasteiger partial charge in [0.05, 0.1) is 0 Å². The Kier molecular flexibility index (Phi) is 3.67. The van der Waals surface area contributed by atoms with E-state index in [-0.39, 0.29) is 5.92 Å². The molecule has 2 atom stereocenters. The lowest BCUT2D eigenvalue weighted by molar-refractivity contribution is -0.122. The Morgan fingerprint density at radius 3 is 2.69 bits per heavy atom. The highest BCUT2D eigenvalue weighted by Gasteiger charge is 2.28. The largest absolute Gasteiger partial charge is 0.314 e. The van der Waals surface area contributed by atoms with E-state index < -0.39 is 0 Å². The van der Waals surface area contributed by atoms with Gasteiger partial charge in [0.1, 0.15) is 5.78 Å². The molecule has 13 heavy (non-hydrogen) atoms. The van der Waals surface area contributed by atoms with Crippen LogP contribution >= 0.6 is 0 Å². The zero-order chi connectivity index (χ0) is 9.84. The van der Waals surface area contributed by atoms with Crippen LogP contribution in [0.2, 0.25) is 0 Å². The summed E-state index contributed by atoms with van der Waals surface area (Å²) in [6.07, 6.45) is 2.53. The molecule has 0 aromatic carbocycles. The number of carbonyl (C=O) groups excluding carboxylic acids is 1. The number of carbonyl (C=O) groups is 1. The third-order valence-corrected chi connectivity index (χ3v) is 2.74. The summed E-state index contributed by atoms with van der Waals surface area (Å²) in [5, 5.41) is 3.29. The lowest BCUT2D eigenvalue weighted by Crippen LogP contribution is -2.28. The standard InChI is InChI=1S/C11H19NO/c1-8(2)4-5-11(13)10-6-7-12-9(10)3/h9-10,12H,1,4-7H2,2-3H3. The molecule has 2 unspecified atom stereocenters. The fourth-order valence-corrected chi connectivity index (χ4v) is 1.82. The molecular weight excluding hydrogens is 162 g/mol. The second-order valence-electron chi connectivity index (χ2n) is 4.06. The molecule has 0 radical (unpaired) electrons. The molecule has 0 bridgehead atoms. The molecule has 2 heteroatoms. The second kappa shape index (κ2) is 4.56. The minimum atomic E-state index is 0.249. The van der Waals surface area contributed by atoms with Crippen LogP contribution in [-0.2, 0) is 4.79 Å². The van der Waals surface area contributed by atoms with E-state index >= 15 is 0 Å². The topological polar surface area (TPSA) is 29.1 Å². The molecule has 0 aromatic heterocycles. The Balaban J connectivity index is 2.34. The minimum Gasteiger partial charge on any atom is -0.314 e. The number of nitrogens with one attached hydrogen (secondary N) is 1. The minimum absolute atomic E-state index is 0.249. The molecule has 0 saturated carbocycles. The van der Waals surface area contributed by atoms with Crippen molar-refractivity contribution in [1.82, 2.24) is 5.32 Å². The lowest BCUT2D eigenvalue weighted by atomic mass is 9.93. The van der Waals surface area contributed by atoms with Gasteiger partial charge in [0.2, 0.25) is 0 Å². The SMILES string of the molecule is C=C(C)CCC(=O)C1CCNC1C. The van der Waals surface area contributed by atoms with Crippen LogP contribution in [0.1, 0.15) is 33.1 Å². The molecule has 1 saturated heterocycles. The van der Waals surface area contributed by atoms with Crippen LogP contribution in [0.3, 0.4) is 0 Å². The summed E-state index contributed by atoms with van der Waals surface area (Å²) in [4.78, 5) is 11.7. The van der Waals surface area contributed by atoms with Crippen LogP contribution in [0.5, 0.6) is 0 Å². The van der Waals surface area contributed by atoms with Gasteiger partial charge < -0.3 is 5.32 Å². The first kappa shape index (κ1) is 10.5. The van der Waals surface area contributed by atoms with Gasteiger partial charge >= 0.3 is 0 Å². The highest BCUT2D eigenvalue weighted by Crippen LogP contribution is 2.19. The highest BCUT2D eigenvalue weighted by atomic mass is 16.1. The van der Waals surface area contributed by atoms with Crippen molar-refractivity contribution in [3.8, 4) is 0 Å². The smallest absolute Gasteiger partial charge is 0.137 e. The van der Waals surface area contributed by atoms with Crippen molar-refractivity contribution in [2.24, 2.45) is 5.92 Å². The van der Waals surface area contributed by atoms with Crippen molar-refractivity contribution >= 4 is 5.78 Å². The fourth-order valence-electron chi connectivity index (χ4n) is 1.82. The van der Waals surface area contributed by atoms with Crippen molar-refractivity contribution in [2.45, 2.75) is 39.2 Å². The number of allylic oxidation sites excluding steroid dienone is 1. The summed E-state index contributed by atoms with van der Waals surface area (Å²) in [6, 6.07) is 0.373. The van der Waals surface area contributed by atoms with E-state index in [1.807, 2.05) is 6.92 Å². The van der Waals surface area contributed by atoms with Crippen molar-refractivity contribution < 1.29 is 4.79 Å². The molecule has 1 fully saturated rings. The normalized spacial score (nSPS) is 27.5. The van der Waals surface area contributed by atoms with Gasteiger partial charge in [-0.3, -0.25) is 4.79 Å². The Morgan fingerprint density at radius 2 is 2.23 bits per heavy atom. The number of ketones is 1. The molecule has 2 nitrogen and oxygen atoms in total. The van der Waals surface area contributed by atoms with Crippen molar-refractivity contribution in [3.05, 3.63) is 12.2 Å². The molecule has 0 aliphatic carbocycles. The average molecular weight is 181 g/mol. The van der Waals surface area contributed by atoms with Gasteiger partial charge in [-0.15, -0.1) is 6.58 Å². The maximum atomic E-state index is 11.7. The molecule has 1 N–H and O–H groups in total. The second-order valence-corrected chi connectivity index (χ2v) is 4.06. The third-order valence-electron chi connectivity index (χ3n) is 2.74. The zero-order valence-electron chi connectivity index (χ0n) is 8.60. The molecule has 0 spiro atoms. The van der Waals surface area contributed by atoms with Gasteiger partial charge in [-0.2, -0.15) is 0 Å². The first-order valence-corrected chi connectivity index (χ1v) is 5.01. The van der Waals surface area contributed by atoms with Crippen LogP contribution in [0.25, 0.3) is 0 Å². The predicted octanol–water partition coefficient (Wildman–Crippen LogP) is 1.91. The summed E-state index contributed by atoms with van der Waals surface area (Å²) in [7, 11) is 0. The zero-order valence-corrected chi connectivity index (χ0v) is 8.60. The summed E-state index contributed by atoms with van der Waals surface area (Å²) in [6.45, 7) is 8.86. The molecule has 1 heterocycles. The van der Waals surface area contributed by atoms with E-state index in [9.17, 15) is 4.79 Å². The van der Waals surface area contributed by atoms with Crippen LogP contribution in [0.15, 0.2) is 12.2 Å². The highest BCUT2D eigenvalue weighted by molar-refractivity contribution is 5.82. The predicted molar refractivity (Wildman–Crippen MR) is 54.6 cm³/mol. The average Bonchev–Trinajstić information content (AvgIpc) is 2.47. The first-order chi connectivity index (χ1) is 6.11. The summed E-state index contributed by atoms with van der Waals surface area (Å²) in [5.41, 5.74) is 1.10. The Bertz CT molecular complexity index is 210. The van der Waals surface area contributed by atoms with Gasteiger partial charge in [0.15, 0.2) is 0 Å². The lowest BCUT2D eigenvalue weighted by Gasteiger charge is -2.13. The Hall–Kier alpha value is -0.630. The number of hydrogen-bond acceptors (Lipinski definition) is 2. The van der Waals surface area contributed by atoms with Crippen LogP contribution in [0, 0.1) is 5.92 Å². The van der Waals surface area contributed by atoms with E-state index in [0.717, 1.165) is 25.0 Å². The quantitative estimate of drug-likeness (QED) is 0.671. The molecule has 1 aliphatic heterocycles. The maximum Gasteiger partial charge on any atom is 0.137 e. The number of hydrogen-bond donors (Lipinski definition) is 1. The molecular formula is C11H19NO. The van der Waals surface area contributed by atoms with Gasteiger partial charge in [0.25, 0.3) is 0 Å². The van der Waals surface area contributed by atoms with Crippen LogP contribution < -0.4 is 5.32 Å². The van der Waals surface area contributed by atoms with Crippen LogP contribution in [-0.4, -0.2) is 18.4 Å². The Labute approximate surface area is 80.4 Å². The van der Waals surface area contributed by atoms with Gasteiger partial charge in [-0.1, -0.05) is 5.57 Å². The summed E-state index contributed by atoms with van der Waals surface area (Å²) in [5.74, 6) is 0.653. The molecule has 74 valence electrons. The van der Waals surface area contributed by atoms with Gasteiger partial charge in [-0.05, 0) is 33.2 Å². The van der Waals surface area contributed by atoms with E-state index in [0.29, 0.717) is 18.2 Å². The van der Waals surface area contributed by atoms with Crippen molar-refractivity contribution in [1.29, 1.82) is 0 Å². The van der Waals surface area contributed by atoms with Crippen molar-refractivity contribution in [3.63, 3.8) is 0 Å². The summed E-state index contributed by atoms with van der Waals surface area (Å²) >= 11 is 0. The molecule has 0 aromatic rings. The summed E-state index contributed by atoms with van der Waals surface area (Å²) < 4.78 is 0. The third kappa shape index (κ3) is 2.96. The first-order valence-electron chi connectivity index (χ1n) is 5.01. The fraction of sp³-hybridized carbons (Fsp3) is 0.727. The van der Waals surface area contributed by atoms with E-state index in [2.05, 4.69) is 18.8 Å². The number of rotatable bonds is 4. The van der Waals surface area contributed by atoms with E-state index in [1.54, 1.807) is 0 Å². The maximum absolute atomic E-state index is 11.7. The van der Waals surface area contributed by atoms with Gasteiger partial charge in [0, 0.05) is 18.4 Å². The molecule has 1 rings (SSSR count). The van der Waals surface area contributed by atoms with E-state index in [1.165, 1.54) is 0 Å². The molecule has 0 amide bonds. The molecule has 1 aliphatic rings. The number of Topliss-reactive ketones (excluding diaryl/α,β-unsaturated/α-hetero) is 1. The monoisotopic (exact) mass is 181 g/mol. The van der Waals surface area contributed by atoms with Crippen LogP contribution in [0.4, 0.5) is 0 Å². The van der Waals surface area contributed by atoms with Gasteiger partial charge in [-0.25, -0.2) is 0 Å². The van der Waals surface area contributed by atoms with Crippen molar-refractivity contribution in [2.75, 3.05) is 6.54 Å². The Morgan fingerprint density at radius 1 is 1.54 bits per heavy atom.